The first-order valence-corrected chi connectivity index (χ1v) is 12.8. The first kappa shape index (κ1) is 24.4. The molecule has 0 spiro atoms. The second-order valence-corrected chi connectivity index (χ2v) is 9.79. The summed E-state index contributed by atoms with van der Waals surface area (Å²) in [5, 5.41) is 0. The van der Waals surface area contributed by atoms with Crippen LogP contribution in [0.25, 0.3) is 0 Å². The fraction of sp³-hybridized carbons (Fsp3) is 0.536. The lowest BCUT2D eigenvalue weighted by molar-refractivity contribution is -0.133. The Morgan fingerprint density at radius 2 is 1.65 bits per heavy atom. The van der Waals surface area contributed by atoms with Crippen molar-refractivity contribution >= 4 is 17.6 Å². The Morgan fingerprint density at radius 3 is 2.29 bits per heavy atom. The average molecular weight is 463 g/mol. The van der Waals surface area contributed by atoms with Crippen LogP contribution in [0.3, 0.4) is 0 Å². The molecule has 4 rings (SSSR count). The summed E-state index contributed by atoms with van der Waals surface area (Å²) in [6.07, 6.45) is 7.83. The molecule has 0 N–H and O–H groups in total. The third kappa shape index (κ3) is 6.66. The molecule has 1 aromatic heterocycles. The maximum absolute atomic E-state index is 13.4. The molecule has 2 amide bonds. The summed E-state index contributed by atoms with van der Waals surface area (Å²) in [6, 6.07) is 16.6. The number of piperidine rings is 2. The number of carbonyl (C=O) groups excluding carboxylic acids is 2. The normalized spacial score (nSPS) is 18.1. The molecule has 0 radical (unpaired) electrons. The van der Waals surface area contributed by atoms with Gasteiger partial charge in [0.05, 0.1) is 0 Å². The van der Waals surface area contributed by atoms with Crippen LogP contribution in [0, 0.1) is 11.8 Å². The topological polar surface area (TPSA) is 56.8 Å². The van der Waals surface area contributed by atoms with Gasteiger partial charge >= 0.3 is 0 Å². The predicted octanol–water partition coefficient (Wildman–Crippen LogP) is 4.02. The highest BCUT2D eigenvalue weighted by atomic mass is 16.2. The smallest absolute Gasteiger partial charge is 0.231 e. The third-order valence-corrected chi connectivity index (χ3v) is 7.41. The van der Waals surface area contributed by atoms with Crippen LogP contribution in [0.4, 0.5) is 5.82 Å². The van der Waals surface area contributed by atoms with Crippen LogP contribution >= 0.6 is 0 Å². The van der Waals surface area contributed by atoms with Gasteiger partial charge in [0.15, 0.2) is 0 Å². The minimum atomic E-state index is -0.0358. The Kier molecular flexibility index (Phi) is 8.69. The minimum absolute atomic E-state index is 0.0358. The number of rotatable bonds is 8. The summed E-state index contributed by atoms with van der Waals surface area (Å²) in [5.41, 5.74) is 1.44. The molecule has 2 aliphatic rings. The molecule has 2 aromatic rings. The zero-order valence-corrected chi connectivity index (χ0v) is 20.4. The van der Waals surface area contributed by atoms with Gasteiger partial charge in [-0.1, -0.05) is 36.4 Å². The van der Waals surface area contributed by atoms with Crippen molar-refractivity contribution in [2.45, 2.75) is 45.4 Å². The number of hydrogen-bond donors (Lipinski definition) is 0. The molecular formula is C28H38N4O2. The van der Waals surface area contributed by atoms with Gasteiger partial charge in [-0.3, -0.25) is 14.5 Å². The summed E-state index contributed by atoms with van der Waals surface area (Å²) < 4.78 is 0. The summed E-state index contributed by atoms with van der Waals surface area (Å²) in [5.74, 6) is 1.73. The maximum atomic E-state index is 13.4. The molecule has 0 unspecified atom stereocenters. The van der Waals surface area contributed by atoms with Crippen molar-refractivity contribution in [3.8, 4) is 0 Å². The van der Waals surface area contributed by atoms with Crippen LogP contribution in [0.1, 0.15) is 44.6 Å². The summed E-state index contributed by atoms with van der Waals surface area (Å²) in [4.78, 5) is 35.9. The van der Waals surface area contributed by atoms with Crippen molar-refractivity contribution in [1.82, 2.24) is 14.8 Å². The molecule has 0 aliphatic carbocycles. The lowest BCUT2D eigenvalue weighted by Gasteiger charge is -2.34. The molecule has 2 aliphatic heterocycles. The van der Waals surface area contributed by atoms with Gasteiger partial charge in [-0.25, -0.2) is 4.98 Å². The van der Waals surface area contributed by atoms with E-state index >= 15 is 0 Å². The zero-order valence-electron chi connectivity index (χ0n) is 20.4. The molecule has 0 atom stereocenters. The van der Waals surface area contributed by atoms with E-state index in [0.717, 1.165) is 50.6 Å². The van der Waals surface area contributed by atoms with E-state index in [9.17, 15) is 9.59 Å². The molecule has 182 valence electrons. The van der Waals surface area contributed by atoms with E-state index in [-0.39, 0.29) is 17.7 Å². The van der Waals surface area contributed by atoms with Gasteiger partial charge in [0.2, 0.25) is 11.8 Å². The molecule has 0 saturated carbocycles. The first-order chi connectivity index (χ1) is 16.6. The molecule has 2 fully saturated rings. The van der Waals surface area contributed by atoms with E-state index in [2.05, 4.69) is 40.2 Å². The molecule has 0 bridgehead atoms. The quantitative estimate of drug-likeness (QED) is 0.595. The summed E-state index contributed by atoms with van der Waals surface area (Å²) >= 11 is 0. The number of pyridine rings is 1. The minimum Gasteiger partial charge on any atom is -0.343 e. The van der Waals surface area contributed by atoms with Crippen LogP contribution < -0.4 is 4.90 Å². The zero-order chi connectivity index (χ0) is 23.8. The van der Waals surface area contributed by atoms with Gasteiger partial charge in [0.25, 0.3) is 0 Å². The largest absolute Gasteiger partial charge is 0.343 e. The lowest BCUT2D eigenvalue weighted by atomic mass is 9.90. The van der Waals surface area contributed by atoms with Gasteiger partial charge in [-0.2, -0.15) is 0 Å². The van der Waals surface area contributed by atoms with Crippen LogP contribution in [-0.4, -0.2) is 65.9 Å². The Bertz CT molecular complexity index is 905. The van der Waals surface area contributed by atoms with Crippen LogP contribution in [0.2, 0.25) is 0 Å². The summed E-state index contributed by atoms with van der Waals surface area (Å²) in [7, 11) is 0. The van der Waals surface area contributed by atoms with Crippen molar-refractivity contribution in [3.63, 3.8) is 0 Å². The van der Waals surface area contributed by atoms with E-state index in [4.69, 9.17) is 0 Å². The second kappa shape index (κ2) is 12.1. The van der Waals surface area contributed by atoms with Crippen LogP contribution in [0.15, 0.2) is 54.7 Å². The molecule has 1 aromatic carbocycles. The number of carbonyl (C=O) groups is 2. The van der Waals surface area contributed by atoms with E-state index in [1.165, 1.54) is 24.8 Å². The second-order valence-electron chi connectivity index (χ2n) is 9.79. The number of anilines is 1. The van der Waals surface area contributed by atoms with Crippen LogP contribution in [0.5, 0.6) is 0 Å². The fourth-order valence-corrected chi connectivity index (χ4v) is 5.33. The van der Waals surface area contributed by atoms with Gasteiger partial charge in [0.1, 0.15) is 5.82 Å². The van der Waals surface area contributed by atoms with Crippen molar-refractivity contribution < 1.29 is 9.59 Å². The van der Waals surface area contributed by atoms with Crippen molar-refractivity contribution in [3.05, 3.63) is 60.3 Å². The van der Waals surface area contributed by atoms with Crippen LogP contribution in [-0.2, 0) is 16.0 Å². The monoisotopic (exact) mass is 462 g/mol. The SMILES string of the molecule is CC(=O)N1CCC(C(=O)N(CCCN2CCC(Cc3ccccc3)CC2)c2ccccn2)CC1. The third-order valence-electron chi connectivity index (χ3n) is 7.41. The Balaban J connectivity index is 1.26. The van der Waals surface area contributed by atoms with Gasteiger partial charge in [-0.15, -0.1) is 0 Å². The number of hydrogen-bond acceptors (Lipinski definition) is 4. The highest BCUT2D eigenvalue weighted by Crippen LogP contribution is 2.24. The molecule has 2 saturated heterocycles. The lowest BCUT2D eigenvalue weighted by Crippen LogP contribution is -2.45. The van der Waals surface area contributed by atoms with Crippen molar-refractivity contribution in [1.29, 1.82) is 0 Å². The van der Waals surface area contributed by atoms with Gasteiger partial charge in [-0.05, 0) is 81.8 Å². The number of benzene rings is 1. The van der Waals surface area contributed by atoms with E-state index in [1.54, 1.807) is 13.1 Å². The molecule has 34 heavy (non-hydrogen) atoms. The van der Waals surface area contributed by atoms with Crippen molar-refractivity contribution in [2.75, 3.05) is 44.2 Å². The molecule has 6 heteroatoms. The average Bonchev–Trinajstić information content (AvgIpc) is 2.88. The fourth-order valence-electron chi connectivity index (χ4n) is 5.33. The number of aromatic nitrogens is 1. The summed E-state index contributed by atoms with van der Waals surface area (Å²) in [6.45, 7) is 6.91. The maximum Gasteiger partial charge on any atom is 0.231 e. The van der Waals surface area contributed by atoms with E-state index in [1.807, 2.05) is 28.0 Å². The van der Waals surface area contributed by atoms with Gasteiger partial charge in [0, 0.05) is 38.7 Å². The first-order valence-electron chi connectivity index (χ1n) is 12.8. The number of amides is 2. The molecular weight excluding hydrogens is 424 g/mol. The van der Waals surface area contributed by atoms with E-state index < -0.39 is 0 Å². The van der Waals surface area contributed by atoms with E-state index in [0.29, 0.717) is 19.6 Å². The predicted molar refractivity (Wildman–Crippen MR) is 135 cm³/mol. The molecule has 6 nitrogen and oxygen atoms in total. The number of likely N-dealkylation sites (tertiary alicyclic amines) is 2. The highest BCUT2D eigenvalue weighted by molar-refractivity contribution is 5.94. The van der Waals surface area contributed by atoms with Crippen molar-refractivity contribution in [2.24, 2.45) is 11.8 Å². The highest BCUT2D eigenvalue weighted by Gasteiger charge is 2.30. The Labute approximate surface area is 204 Å². The number of nitrogens with zero attached hydrogens (tertiary/aromatic N) is 4. The Hall–Kier alpha value is -2.73. The molecule has 3 heterocycles. The van der Waals surface area contributed by atoms with Gasteiger partial charge < -0.3 is 9.80 Å². The standard InChI is InChI=1S/C28H38N4O2/c1-23(33)31-20-13-26(14-21-31)28(34)32(27-10-5-6-15-29-27)17-7-16-30-18-11-25(12-19-30)22-24-8-3-2-4-9-24/h2-6,8-10,15,25-26H,7,11-14,16-22H2,1H3. The Morgan fingerprint density at radius 1 is 0.941 bits per heavy atom.